The van der Waals surface area contributed by atoms with E-state index in [4.69, 9.17) is 21.1 Å². The van der Waals surface area contributed by atoms with Gasteiger partial charge in [0, 0.05) is 43.8 Å². The van der Waals surface area contributed by atoms with Gasteiger partial charge in [-0.25, -0.2) is 13.1 Å². The number of anilines is 1. The van der Waals surface area contributed by atoms with Crippen LogP contribution in [-0.2, 0) is 32.6 Å². The number of sulfonamides is 1. The van der Waals surface area contributed by atoms with Crippen molar-refractivity contribution in [2.75, 3.05) is 32.1 Å². The van der Waals surface area contributed by atoms with Crippen molar-refractivity contribution in [3.05, 3.63) is 70.3 Å². The lowest BCUT2D eigenvalue weighted by Crippen LogP contribution is -2.43. The highest BCUT2D eigenvalue weighted by Crippen LogP contribution is 2.40. The lowest BCUT2D eigenvalue weighted by Gasteiger charge is -2.40. The van der Waals surface area contributed by atoms with Gasteiger partial charge < -0.3 is 19.7 Å². The van der Waals surface area contributed by atoms with Gasteiger partial charge in [-0.2, -0.15) is 0 Å². The van der Waals surface area contributed by atoms with Gasteiger partial charge in [-0.1, -0.05) is 36.7 Å². The van der Waals surface area contributed by atoms with Crippen molar-refractivity contribution < 1.29 is 27.5 Å². The number of aryl methyl sites for hydroxylation is 1. The molecule has 2 bridgehead atoms. The highest BCUT2D eigenvalue weighted by molar-refractivity contribution is 7.90. The van der Waals surface area contributed by atoms with Crippen molar-refractivity contribution in [1.29, 1.82) is 0 Å². The van der Waals surface area contributed by atoms with E-state index in [1.165, 1.54) is 12.7 Å². The van der Waals surface area contributed by atoms with Gasteiger partial charge in [0.05, 0.1) is 10.9 Å². The molecule has 5 rings (SSSR count). The number of nitrogens with one attached hydrogen (secondary N) is 2. The lowest BCUT2D eigenvalue weighted by molar-refractivity contribution is -0.133. The van der Waals surface area contributed by atoms with Gasteiger partial charge in [-0.15, -0.1) is 0 Å². The Morgan fingerprint density at radius 3 is 2.63 bits per heavy atom. The molecule has 0 unspecified atom stereocenters. The van der Waals surface area contributed by atoms with E-state index in [0.717, 1.165) is 56.4 Å². The molecular weight excluding hydrogens is 626 g/mol. The van der Waals surface area contributed by atoms with Gasteiger partial charge in [-0.3, -0.25) is 9.59 Å². The molecule has 0 saturated heterocycles. The first-order chi connectivity index (χ1) is 22.0. The van der Waals surface area contributed by atoms with Crippen LogP contribution in [0.2, 0.25) is 5.02 Å². The molecule has 2 aromatic rings. The summed E-state index contributed by atoms with van der Waals surface area (Å²) in [5, 5.41) is 2.49. The second-order valence-corrected chi connectivity index (χ2v) is 15.5. The van der Waals surface area contributed by atoms with Crippen molar-refractivity contribution in [2.45, 2.75) is 70.3 Å². The summed E-state index contributed by atoms with van der Waals surface area (Å²) in [4.78, 5) is 28.6. The minimum absolute atomic E-state index is 0.256. The fourth-order valence-electron chi connectivity index (χ4n) is 6.85. The van der Waals surface area contributed by atoms with Crippen LogP contribution >= 0.6 is 11.6 Å². The molecule has 0 radical (unpaired) electrons. The normalized spacial score (nSPS) is 28.1. The van der Waals surface area contributed by atoms with Crippen LogP contribution in [0.3, 0.4) is 0 Å². The largest absolute Gasteiger partial charge is 0.487 e. The zero-order chi connectivity index (χ0) is 33.0. The number of halogens is 1. The average Bonchev–Trinajstić information content (AvgIpc) is 3.05. The maximum Gasteiger partial charge on any atom is 0.264 e. The number of fused-ring (bicyclic) bond motifs is 3. The van der Waals surface area contributed by atoms with Gasteiger partial charge in [0.1, 0.15) is 18.5 Å². The van der Waals surface area contributed by atoms with E-state index in [1.54, 1.807) is 32.2 Å². The number of benzene rings is 2. The van der Waals surface area contributed by atoms with Crippen LogP contribution in [0.5, 0.6) is 5.75 Å². The number of rotatable bonds is 3. The van der Waals surface area contributed by atoms with Crippen molar-refractivity contribution >= 4 is 39.1 Å². The lowest BCUT2D eigenvalue weighted by atomic mass is 9.72. The molecule has 46 heavy (non-hydrogen) atoms. The smallest absolute Gasteiger partial charge is 0.264 e. The van der Waals surface area contributed by atoms with Crippen molar-refractivity contribution in [1.82, 2.24) is 10.0 Å². The second-order valence-electron chi connectivity index (χ2n) is 13.0. The number of carbonyl (C=O) groups is 2. The molecule has 0 aromatic heterocycles. The Morgan fingerprint density at radius 2 is 1.91 bits per heavy atom. The van der Waals surface area contributed by atoms with E-state index < -0.39 is 27.3 Å². The predicted molar refractivity (Wildman–Crippen MR) is 181 cm³/mol. The molecule has 250 valence electrons. The number of likely N-dealkylation sites (N-methyl/N-ethyl adjacent to an activating group) is 1. The van der Waals surface area contributed by atoms with E-state index in [2.05, 4.69) is 21.0 Å². The minimum atomic E-state index is -4.05. The van der Waals surface area contributed by atoms with Crippen LogP contribution in [0.4, 0.5) is 5.69 Å². The molecule has 11 heteroatoms. The number of carbonyl (C=O) groups excluding carboxylic acids is 2. The van der Waals surface area contributed by atoms with Crippen LogP contribution in [0.25, 0.3) is 0 Å². The second kappa shape index (κ2) is 14.8. The summed E-state index contributed by atoms with van der Waals surface area (Å²) in [6.45, 7) is 5.30. The van der Waals surface area contributed by atoms with E-state index in [9.17, 15) is 18.0 Å². The summed E-state index contributed by atoms with van der Waals surface area (Å²) >= 11 is 6.33. The zero-order valence-electron chi connectivity index (χ0n) is 27.1. The first-order valence-corrected chi connectivity index (χ1v) is 18.2. The molecule has 1 aliphatic carbocycles. The number of nitrogens with zero attached hydrogens (tertiary/aromatic N) is 1. The van der Waals surface area contributed by atoms with Crippen molar-refractivity contribution in [2.24, 2.45) is 23.7 Å². The molecule has 2 aliphatic heterocycles. The molecule has 1 fully saturated rings. The highest BCUT2D eigenvalue weighted by atomic mass is 35.5. The van der Waals surface area contributed by atoms with Gasteiger partial charge in [0.25, 0.3) is 5.91 Å². The first kappa shape index (κ1) is 34.3. The summed E-state index contributed by atoms with van der Waals surface area (Å²) in [6.07, 6.45) is 8.73. The van der Waals surface area contributed by atoms with Crippen molar-refractivity contribution in [3.8, 4) is 5.75 Å². The Balaban J connectivity index is 1.54. The Hall–Kier alpha value is -3.08. The fraction of sp³-hybridized carbons (Fsp3) is 0.543. The van der Waals surface area contributed by atoms with Crippen LogP contribution < -0.4 is 19.7 Å². The topological polar surface area (TPSA) is 114 Å². The van der Waals surface area contributed by atoms with Gasteiger partial charge in [0.2, 0.25) is 15.9 Å². The first-order valence-electron chi connectivity index (χ1n) is 16.3. The summed E-state index contributed by atoms with van der Waals surface area (Å²) in [5.74, 6) is -0.341. The highest BCUT2D eigenvalue weighted by Gasteiger charge is 2.36. The summed E-state index contributed by atoms with van der Waals surface area (Å²) in [6, 6.07) is 11.1. The maximum absolute atomic E-state index is 13.5. The molecule has 3 aliphatic rings. The van der Waals surface area contributed by atoms with Crippen LogP contribution in [0.15, 0.2) is 48.6 Å². The summed E-state index contributed by atoms with van der Waals surface area (Å²) in [5.41, 5.74) is 3.27. The number of ether oxygens (including phenoxy) is 2. The molecule has 2 N–H and O–H groups in total. The standard InChI is InChI=1S/C35H46ClN3O6S/c1-22-17-26(33(44-4)35(41)37-3)10-8-24-9-11-28(24)20-39-16-6-5-7-25-18-30(36)14-12-29(25)21-45-32-15-13-27(19-31(32)39)34(40)38-46(42,43)23(22)2/h8,10,12-15,18-19,22-24,26,28,33H,5-7,9,11,16-17,20-21H2,1-4H3,(H,37,41)(H,38,40)/b10-8+/t22-,23+,24+,26+,28-,33+/m0/s1. The van der Waals surface area contributed by atoms with E-state index >= 15 is 0 Å². The monoisotopic (exact) mass is 671 g/mol. The van der Waals surface area contributed by atoms with Gasteiger partial charge >= 0.3 is 0 Å². The molecule has 2 aromatic carbocycles. The third-order valence-electron chi connectivity index (χ3n) is 10.1. The number of methoxy groups -OCH3 is 1. The van der Waals surface area contributed by atoms with E-state index in [-0.39, 0.29) is 23.3 Å². The third-order valence-corrected chi connectivity index (χ3v) is 12.2. The van der Waals surface area contributed by atoms with Crippen molar-refractivity contribution in [3.63, 3.8) is 0 Å². The van der Waals surface area contributed by atoms with E-state index in [1.807, 2.05) is 31.2 Å². The Kier molecular flexibility index (Phi) is 11.0. The summed E-state index contributed by atoms with van der Waals surface area (Å²) in [7, 11) is -0.980. The van der Waals surface area contributed by atoms with Crippen LogP contribution in [0.1, 0.15) is 67.4 Å². The molecule has 1 saturated carbocycles. The van der Waals surface area contributed by atoms with Crippen LogP contribution in [0, 0.1) is 23.7 Å². The minimum Gasteiger partial charge on any atom is -0.487 e. The number of allylic oxidation sites excluding steroid dienone is 1. The maximum atomic E-state index is 13.5. The predicted octanol–water partition coefficient (Wildman–Crippen LogP) is 5.51. The van der Waals surface area contributed by atoms with Crippen LogP contribution in [-0.4, -0.2) is 58.8 Å². The van der Waals surface area contributed by atoms with E-state index in [0.29, 0.717) is 35.6 Å². The SMILES string of the molecule is CNC(=O)[C@H](OC)[C@@H]1/C=C/[C@@H]2CC[C@H]2CN2CCCCc3cc(Cl)ccc3COc3ccc(cc32)C(=O)NS(=O)(=O)[C@H](C)[C@@H](C)C1. The fourth-order valence-corrected chi connectivity index (χ4v) is 8.33. The quantitative estimate of drug-likeness (QED) is 0.414. The van der Waals surface area contributed by atoms with Gasteiger partial charge in [0.15, 0.2) is 0 Å². The third kappa shape index (κ3) is 7.72. The molecule has 9 nitrogen and oxygen atoms in total. The Bertz CT molecular complexity index is 1560. The molecule has 6 atom stereocenters. The number of amides is 2. The van der Waals surface area contributed by atoms with Gasteiger partial charge in [-0.05, 0) is 105 Å². The number of hydrogen-bond donors (Lipinski definition) is 2. The zero-order valence-corrected chi connectivity index (χ0v) is 28.7. The Morgan fingerprint density at radius 1 is 1.11 bits per heavy atom. The number of hydrogen-bond acceptors (Lipinski definition) is 7. The molecular formula is C35H46ClN3O6S. The molecule has 2 amide bonds. The Labute approximate surface area is 278 Å². The molecule has 2 heterocycles. The summed E-state index contributed by atoms with van der Waals surface area (Å²) < 4.78 is 41.4. The average molecular weight is 672 g/mol. The molecule has 0 spiro atoms.